The molecule has 212 valence electrons. The second kappa shape index (κ2) is 15.9. The lowest BCUT2D eigenvalue weighted by molar-refractivity contribution is -0.139. The van der Waals surface area contributed by atoms with Crippen LogP contribution >= 0.6 is 45.2 Å². The summed E-state index contributed by atoms with van der Waals surface area (Å²) in [5, 5.41) is 26.6. The number of carbonyl (C=O) groups excluding carboxylic acids is 4. The third-order valence-electron chi connectivity index (χ3n) is 5.88. The Morgan fingerprint density at radius 3 is 2.15 bits per heavy atom. The van der Waals surface area contributed by atoms with Gasteiger partial charge < -0.3 is 36.8 Å². The van der Waals surface area contributed by atoms with Gasteiger partial charge >= 0.3 is 0 Å². The molecule has 3 unspecified atom stereocenters. The molecule has 0 saturated heterocycles. The van der Waals surface area contributed by atoms with Crippen molar-refractivity contribution in [3.63, 3.8) is 0 Å². The van der Waals surface area contributed by atoms with Crippen molar-refractivity contribution in [1.82, 2.24) is 20.9 Å². The monoisotopic (exact) mass is 765 g/mol. The largest absolute Gasteiger partial charge is 0.506 e. The van der Waals surface area contributed by atoms with Crippen LogP contribution in [0.25, 0.3) is 0 Å². The normalized spacial score (nSPS) is 13.1. The first-order valence-corrected chi connectivity index (χ1v) is 14.3. The van der Waals surface area contributed by atoms with Crippen LogP contribution < -0.4 is 21.7 Å². The van der Waals surface area contributed by atoms with Crippen molar-refractivity contribution in [2.24, 2.45) is 5.73 Å². The number of hydrogen-bond acceptors (Lipinski definition) is 7. The third-order valence-corrected chi connectivity index (χ3v) is 7.53. The van der Waals surface area contributed by atoms with Crippen molar-refractivity contribution in [2.45, 2.75) is 37.9 Å². The maximum Gasteiger partial charge on any atom is 0.243 e. The van der Waals surface area contributed by atoms with Gasteiger partial charge in [-0.05, 0) is 81.8 Å². The van der Waals surface area contributed by atoms with E-state index in [9.17, 15) is 24.3 Å². The van der Waals surface area contributed by atoms with Crippen molar-refractivity contribution < 1.29 is 29.4 Å². The van der Waals surface area contributed by atoms with Gasteiger partial charge in [-0.3, -0.25) is 19.2 Å². The fourth-order valence-corrected chi connectivity index (χ4v) is 5.52. The van der Waals surface area contributed by atoms with E-state index in [1.165, 1.54) is 18.9 Å². The number of hydrogen-bond donors (Lipinski definition) is 6. The highest BCUT2D eigenvalue weighted by molar-refractivity contribution is 14.1. The lowest BCUT2D eigenvalue weighted by atomic mass is 10.0. The quantitative estimate of drug-likeness (QED) is 0.159. The maximum atomic E-state index is 12.8. The molecule has 13 heteroatoms. The van der Waals surface area contributed by atoms with Crippen molar-refractivity contribution >= 4 is 68.8 Å². The van der Waals surface area contributed by atoms with Crippen LogP contribution in [-0.4, -0.2) is 83.6 Å². The molecule has 11 nitrogen and oxygen atoms in total. The molecule has 0 bridgehead atoms. The van der Waals surface area contributed by atoms with Gasteiger partial charge in [0.2, 0.25) is 23.6 Å². The molecule has 3 atom stereocenters. The van der Waals surface area contributed by atoms with E-state index < -0.39 is 41.8 Å². The average molecular weight is 765 g/mol. The Labute approximate surface area is 254 Å². The Morgan fingerprint density at radius 2 is 1.56 bits per heavy atom. The topological polar surface area (TPSA) is 174 Å². The number of nitrogens with one attached hydrogen (secondary N) is 3. The van der Waals surface area contributed by atoms with Gasteiger partial charge in [0.25, 0.3) is 0 Å². The average Bonchev–Trinajstić information content (AvgIpc) is 2.91. The van der Waals surface area contributed by atoms with E-state index in [1.807, 2.05) is 75.5 Å². The molecule has 2 aromatic carbocycles. The van der Waals surface area contributed by atoms with E-state index in [0.29, 0.717) is 7.14 Å². The highest BCUT2D eigenvalue weighted by Crippen LogP contribution is 2.27. The number of aromatic hydroxyl groups is 1. The first-order valence-electron chi connectivity index (χ1n) is 12.1. The Bertz CT molecular complexity index is 1140. The van der Waals surface area contributed by atoms with Gasteiger partial charge in [0.05, 0.1) is 26.3 Å². The molecular weight excluding hydrogens is 732 g/mol. The van der Waals surface area contributed by atoms with Gasteiger partial charge in [0, 0.05) is 20.0 Å². The van der Waals surface area contributed by atoms with Crippen molar-refractivity contribution in [1.29, 1.82) is 0 Å². The number of likely N-dealkylation sites (N-methyl/N-ethyl adjacent to an activating group) is 1. The van der Waals surface area contributed by atoms with Gasteiger partial charge in [0.1, 0.15) is 17.8 Å². The zero-order chi connectivity index (χ0) is 29.1. The summed E-state index contributed by atoms with van der Waals surface area (Å²) in [5.74, 6) is -1.89. The van der Waals surface area contributed by atoms with Crippen molar-refractivity contribution in [2.75, 3.05) is 26.7 Å². The van der Waals surface area contributed by atoms with Crippen LogP contribution in [0.4, 0.5) is 0 Å². The summed E-state index contributed by atoms with van der Waals surface area (Å²) >= 11 is 3.99. The molecule has 0 aliphatic carbocycles. The van der Waals surface area contributed by atoms with Crippen LogP contribution in [0.2, 0.25) is 0 Å². The molecule has 0 radical (unpaired) electrons. The lowest BCUT2D eigenvalue weighted by Crippen LogP contribution is -2.54. The molecule has 0 fully saturated rings. The van der Waals surface area contributed by atoms with Crippen LogP contribution in [0.5, 0.6) is 5.75 Å². The maximum absolute atomic E-state index is 12.8. The molecular formula is C26H33I2N5O6. The van der Waals surface area contributed by atoms with E-state index in [1.54, 1.807) is 12.1 Å². The molecule has 0 saturated carbocycles. The highest BCUT2D eigenvalue weighted by Gasteiger charge is 2.28. The number of amides is 4. The smallest absolute Gasteiger partial charge is 0.243 e. The SMILES string of the molecule is CC(NC(=O)C(N)Cc1cc(I)c(O)c(I)c1)C(=O)NCC(=O)N(C)C(Cc1ccccc1)C(=O)NCCO. The zero-order valence-corrected chi connectivity index (χ0v) is 25.9. The second-order valence-corrected chi connectivity index (χ2v) is 11.2. The van der Waals surface area contributed by atoms with Crippen molar-refractivity contribution in [3.05, 3.63) is 60.7 Å². The molecule has 0 spiro atoms. The van der Waals surface area contributed by atoms with Gasteiger partial charge in [-0.15, -0.1) is 0 Å². The van der Waals surface area contributed by atoms with E-state index in [-0.39, 0.29) is 38.3 Å². The van der Waals surface area contributed by atoms with E-state index in [2.05, 4.69) is 16.0 Å². The third kappa shape index (κ3) is 10.2. The number of benzene rings is 2. The fraction of sp³-hybridized carbons (Fsp3) is 0.385. The zero-order valence-electron chi connectivity index (χ0n) is 21.6. The number of phenols is 1. The van der Waals surface area contributed by atoms with Crippen LogP contribution in [-0.2, 0) is 32.0 Å². The molecule has 0 aliphatic heterocycles. The van der Waals surface area contributed by atoms with Crippen LogP contribution in [0.3, 0.4) is 0 Å². The predicted octanol–water partition coefficient (Wildman–Crippen LogP) is 0.270. The van der Waals surface area contributed by atoms with Gasteiger partial charge in [0.15, 0.2) is 0 Å². The first kappa shape index (κ1) is 32.7. The summed E-state index contributed by atoms with van der Waals surface area (Å²) in [5.41, 5.74) is 7.64. The van der Waals surface area contributed by atoms with E-state index in [0.717, 1.165) is 11.1 Å². The van der Waals surface area contributed by atoms with Gasteiger partial charge in [-0.25, -0.2) is 0 Å². The number of aliphatic hydroxyl groups excluding tert-OH is 1. The minimum atomic E-state index is -0.963. The van der Waals surface area contributed by atoms with Gasteiger partial charge in [-0.1, -0.05) is 30.3 Å². The second-order valence-electron chi connectivity index (χ2n) is 8.89. The number of phenolic OH excluding ortho intramolecular Hbond substituents is 1. The standard InChI is InChI=1S/C26H33I2N5O6/c1-15(32-25(38)20(29)12-17-10-18(27)23(36)19(28)11-17)24(37)31-14-22(35)33(2)21(26(39)30-8-9-34)13-16-6-4-3-5-7-16/h3-7,10-11,15,20-21,34,36H,8-9,12-14,29H2,1-2H3,(H,30,39)(H,31,37)(H,32,38). The highest BCUT2D eigenvalue weighted by atomic mass is 127. The molecule has 2 aromatic rings. The number of nitrogens with zero attached hydrogens (tertiary/aromatic N) is 1. The van der Waals surface area contributed by atoms with Crippen molar-refractivity contribution in [3.8, 4) is 5.75 Å². The predicted molar refractivity (Wildman–Crippen MR) is 163 cm³/mol. The molecule has 39 heavy (non-hydrogen) atoms. The fourth-order valence-electron chi connectivity index (χ4n) is 3.62. The minimum absolute atomic E-state index is 0.0491. The summed E-state index contributed by atoms with van der Waals surface area (Å²) in [6.45, 7) is 0.900. The van der Waals surface area contributed by atoms with E-state index in [4.69, 9.17) is 10.8 Å². The Hall–Kier alpha value is -2.50. The number of rotatable bonds is 13. The Morgan fingerprint density at radius 1 is 0.949 bits per heavy atom. The number of halogens is 2. The lowest BCUT2D eigenvalue weighted by Gasteiger charge is -2.28. The summed E-state index contributed by atoms with van der Waals surface area (Å²) in [6, 6.07) is 9.89. The summed E-state index contributed by atoms with van der Waals surface area (Å²) in [7, 11) is 1.47. The molecule has 7 N–H and O–H groups in total. The van der Waals surface area contributed by atoms with E-state index >= 15 is 0 Å². The van der Waals surface area contributed by atoms with Gasteiger partial charge in [-0.2, -0.15) is 0 Å². The minimum Gasteiger partial charge on any atom is -0.506 e. The molecule has 4 amide bonds. The Balaban J connectivity index is 1.93. The molecule has 0 aliphatic rings. The molecule has 0 heterocycles. The summed E-state index contributed by atoms with van der Waals surface area (Å²) in [4.78, 5) is 51.9. The number of carbonyl (C=O) groups is 4. The van der Waals surface area contributed by atoms with Crippen LogP contribution in [0.1, 0.15) is 18.1 Å². The van der Waals surface area contributed by atoms with Crippen LogP contribution in [0.15, 0.2) is 42.5 Å². The molecule has 0 aromatic heterocycles. The Kier molecular flexibility index (Phi) is 13.4. The number of aliphatic hydroxyl groups is 1. The first-order chi connectivity index (χ1) is 18.4. The molecule has 2 rings (SSSR count). The summed E-state index contributed by atoms with van der Waals surface area (Å²) in [6.07, 6.45) is 0.453. The van der Waals surface area contributed by atoms with Crippen LogP contribution in [0, 0.1) is 7.14 Å². The summed E-state index contributed by atoms with van der Waals surface area (Å²) < 4.78 is 1.28. The number of nitrogens with two attached hydrogens (primary N) is 1.